The molecule has 0 bridgehead atoms. The van der Waals surface area contributed by atoms with Crippen LogP contribution in [-0.4, -0.2) is 41.2 Å². The van der Waals surface area contributed by atoms with E-state index in [1.807, 2.05) is 27.0 Å². The molecule has 3 unspecified atom stereocenters. The van der Waals surface area contributed by atoms with E-state index in [-0.39, 0.29) is 23.4 Å². The molecular weight excluding hydrogens is 530 g/mol. The third-order valence-electron chi connectivity index (χ3n) is 7.33. The Balaban J connectivity index is 2.23. The van der Waals surface area contributed by atoms with Gasteiger partial charge in [-0.15, -0.1) is 11.8 Å². The predicted molar refractivity (Wildman–Crippen MR) is 149 cm³/mol. The Morgan fingerprint density at radius 1 is 1.29 bits per heavy atom. The van der Waals surface area contributed by atoms with Crippen LogP contribution in [0, 0.1) is 17.0 Å². The molecule has 2 aromatic carbocycles. The molecule has 0 saturated heterocycles. The van der Waals surface area contributed by atoms with Gasteiger partial charge in [0.1, 0.15) is 6.29 Å². The Morgan fingerprint density at radius 2 is 1.95 bits per heavy atom. The van der Waals surface area contributed by atoms with E-state index in [0.29, 0.717) is 41.0 Å². The second kappa shape index (κ2) is 11.6. The molecule has 1 aliphatic carbocycles. The molecule has 0 aliphatic heterocycles. The smallest absolute Gasteiger partial charge is 0.220 e. The summed E-state index contributed by atoms with van der Waals surface area (Å²) in [5.41, 5.74) is 4.51. The average Bonchev–Trinajstić information content (AvgIpc) is 2.79. The fourth-order valence-electron chi connectivity index (χ4n) is 5.63. The Hall–Kier alpha value is -2.00. The molecule has 3 rings (SSSR count). The number of carbonyl (C=O) groups is 2. The quantitative estimate of drug-likeness (QED) is 0.252. The van der Waals surface area contributed by atoms with E-state index in [1.54, 1.807) is 25.1 Å². The SMILES string of the molecule is CSc1cc(Cl)ccc1C(C=O)(C(N)CC(C)(C)C)C(CC(=O)NC1CC(C)(O)C1)c1cccc(F)c1F. The highest BCUT2D eigenvalue weighted by Crippen LogP contribution is 2.48. The topological polar surface area (TPSA) is 92.4 Å². The zero-order valence-corrected chi connectivity index (χ0v) is 24.1. The molecule has 5 nitrogen and oxygen atoms in total. The largest absolute Gasteiger partial charge is 0.390 e. The molecule has 0 heterocycles. The van der Waals surface area contributed by atoms with Crippen LogP contribution in [0.5, 0.6) is 0 Å². The number of halogens is 3. The number of benzene rings is 2. The van der Waals surface area contributed by atoms with Crippen LogP contribution < -0.4 is 11.1 Å². The van der Waals surface area contributed by atoms with Crippen molar-refractivity contribution in [2.45, 2.75) is 87.3 Å². The second-order valence-corrected chi connectivity index (χ2v) is 13.1. The normalized spacial score (nSPS) is 22.6. The number of aldehydes is 1. The Kier molecular flexibility index (Phi) is 9.34. The number of amides is 1. The van der Waals surface area contributed by atoms with Crippen LogP contribution in [0.1, 0.15) is 70.4 Å². The van der Waals surface area contributed by atoms with Crippen LogP contribution in [0.15, 0.2) is 41.3 Å². The Morgan fingerprint density at radius 3 is 2.50 bits per heavy atom. The van der Waals surface area contributed by atoms with E-state index in [4.69, 9.17) is 17.3 Å². The molecule has 1 saturated carbocycles. The van der Waals surface area contributed by atoms with Gasteiger partial charge in [0.25, 0.3) is 0 Å². The average molecular weight is 567 g/mol. The summed E-state index contributed by atoms with van der Waals surface area (Å²) in [4.78, 5) is 27.4. The molecule has 1 amide bonds. The predicted octanol–water partition coefficient (Wildman–Crippen LogP) is 5.74. The lowest BCUT2D eigenvalue weighted by Gasteiger charge is -2.45. The van der Waals surface area contributed by atoms with E-state index in [1.165, 1.54) is 23.9 Å². The molecule has 38 heavy (non-hydrogen) atoms. The van der Waals surface area contributed by atoms with Gasteiger partial charge in [0.05, 0.1) is 11.0 Å². The van der Waals surface area contributed by atoms with E-state index in [0.717, 1.165) is 6.07 Å². The molecule has 0 spiro atoms. The summed E-state index contributed by atoms with van der Waals surface area (Å²) in [6.45, 7) is 7.63. The summed E-state index contributed by atoms with van der Waals surface area (Å²) < 4.78 is 30.0. The molecule has 1 fully saturated rings. The molecular formula is C29H37ClF2N2O3S. The van der Waals surface area contributed by atoms with Gasteiger partial charge in [-0.2, -0.15) is 0 Å². The lowest BCUT2D eigenvalue weighted by atomic mass is 9.60. The van der Waals surface area contributed by atoms with E-state index < -0.39 is 40.5 Å². The minimum absolute atomic E-state index is 0.0979. The third-order valence-corrected chi connectivity index (χ3v) is 8.34. The summed E-state index contributed by atoms with van der Waals surface area (Å²) in [6.07, 6.45) is 3.34. The van der Waals surface area contributed by atoms with Gasteiger partial charge in [-0.05, 0) is 67.2 Å². The lowest BCUT2D eigenvalue weighted by Crippen LogP contribution is -2.56. The lowest BCUT2D eigenvalue weighted by molar-refractivity contribution is -0.126. The molecule has 9 heteroatoms. The molecule has 4 N–H and O–H groups in total. The van der Waals surface area contributed by atoms with Crippen molar-refractivity contribution in [3.8, 4) is 0 Å². The van der Waals surface area contributed by atoms with Crippen molar-refractivity contribution < 1.29 is 23.5 Å². The van der Waals surface area contributed by atoms with Gasteiger partial charge >= 0.3 is 0 Å². The van der Waals surface area contributed by atoms with Crippen LogP contribution in [-0.2, 0) is 15.0 Å². The van der Waals surface area contributed by atoms with Crippen molar-refractivity contribution in [2.75, 3.05) is 6.26 Å². The first kappa shape index (κ1) is 30.5. The highest BCUT2D eigenvalue weighted by Gasteiger charge is 2.50. The van der Waals surface area contributed by atoms with Gasteiger partial charge in [0.2, 0.25) is 5.91 Å². The first-order chi connectivity index (χ1) is 17.6. The monoisotopic (exact) mass is 566 g/mol. The van der Waals surface area contributed by atoms with Crippen molar-refractivity contribution in [3.05, 3.63) is 64.2 Å². The number of nitrogens with two attached hydrogens (primary N) is 1. The van der Waals surface area contributed by atoms with Gasteiger partial charge < -0.3 is 21.0 Å². The summed E-state index contributed by atoms with van der Waals surface area (Å²) in [5.74, 6) is -3.76. The highest BCUT2D eigenvalue weighted by molar-refractivity contribution is 7.98. The number of aliphatic hydroxyl groups is 1. The van der Waals surface area contributed by atoms with Crippen molar-refractivity contribution in [1.82, 2.24) is 5.32 Å². The van der Waals surface area contributed by atoms with Crippen LogP contribution in [0.3, 0.4) is 0 Å². The van der Waals surface area contributed by atoms with Crippen molar-refractivity contribution in [3.63, 3.8) is 0 Å². The first-order valence-corrected chi connectivity index (χ1v) is 14.3. The van der Waals surface area contributed by atoms with Gasteiger partial charge in [0.15, 0.2) is 11.6 Å². The van der Waals surface area contributed by atoms with Gasteiger partial charge in [0, 0.05) is 34.3 Å². The van der Waals surface area contributed by atoms with Gasteiger partial charge in [-0.25, -0.2) is 8.78 Å². The maximum Gasteiger partial charge on any atom is 0.220 e. The number of carbonyl (C=O) groups excluding carboxylic acids is 2. The summed E-state index contributed by atoms with van der Waals surface area (Å²) in [5, 5.41) is 13.4. The molecule has 0 radical (unpaired) electrons. The second-order valence-electron chi connectivity index (χ2n) is 11.8. The number of nitrogens with one attached hydrogen (secondary N) is 1. The molecule has 3 atom stereocenters. The molecule has 0 aromatic heterocycles. The highest BCUT2D eigenvalue weighted by atomic mass is 35.5. The maximum atomic E-state index is 15.5. The van der Waals surface area contributed by atoms with Crippen LogP contribution in [0.2, 0.25) is 5.02 Å². The molecule has 208 valence electrons. The number of hydrogen-bond acceptors (Lipinski definition) is 5. The first-order valence-electron chi connectivity index (χ1n) is 12.6. The molecule has 1 aliphatic rings. The third kappa shape index (κ3) is 6.58. The minimum atomic E-state index is -1.59. The van der Waals surface area contributed by atoms with Gasteiger partial charge in [-0.1, -0.05) is 50.6 Å². The van der Waals surface area contributed by atoms with Crippen molar-refractivity contribution >= 4 is 35.6 Å². The van der Waals surface area contributed by atoms with E-state index >= 15 is 4.39 Å². The number of rotatable bonds is 10. The fourth-order valence-corrected chi connectivity index (χ4v) is 6.58. The van der Waals surface area contributed by atoms with Gasteiger partial charge in [-0.3, -0.25) is 4.79 Å². The van der Waals surface area contributed by atoms with E-state index in [9.17, 15) is 19.1 Å². The Labute approximate surface area is 232 Å². The zero-order chi connectivity index (χ0) is 28.5. The van der Waals surface area contributed by atoms with Crippen LogP contribution in [0.4, 0.5) is 8.78 Å². The number of hydrogen-bond donors (Lipinski definition) is 3. The summed E-state index contributed by atoms with van der Waals surface area (Å²) >= 11 is 7.63. The van der Waals surface area contributed by atoms with E-state index in [2.05, 4.69) is 5.32 Å². The standard InChI is InChI=1S/C29H37ClF2N2O3S/c1-27(2,3)15-24(33)29(16-35,20-10-9-17(30)11-23(20)38-5)21(19-7-6-8-22(31)26(19)32)12-25(36)34-18-13-28(4,37)14-18/h6-11,16,18,21,24,37H,12-15,33H2,1-5H3,(H,34,36). The van der Waals surface area contributed by atoms with Crippen molar-refractivity contribution in [1.29, 1.82) is 0 Å². The fraction of sp³-hybridized carbons (Fsp3) is 0.517. The van der Waals surface area contributed by atoms with Crippen LogP contribution >= 0.6 is 23.4 Å². The zero-order valence-electron chi connectivity index (χ0n) is 22.5. The van der Waals surface area contributed by atoms with Crippen molar-refractivity contribution in [2.24, 2.45) is 11.1 Å². The summed E-state index contributed by atoms with van der Waals surface area (Å²) in [7, 11) is 0. The molecule has 2 aromatic rings. The maximum absolute atomic E-state index is 15.5. The Bertz CT molecular complexity index is 1180. The number of thioether (sulfide) groups is 1. The summed E-state index contributed by atoms with van der Waals surface area (Å²) in [6, 6.07) is 7.70. The minimum Gasteiger partial charge on any atom is -0.390 e. The van der Waals surface area contributed by atoms with Crippen LogP contribution in [0.25, 0.3) is 0 Å².